The molecule has 9 heteroatoms. The molecule has 0 aromatic heterocycles. The van der Waals surface area contributed by atoms with Crippen molar-refractivity contribution in [3.63, 3.8) is 0 Å². The van der Waals surface area contributed by atoms with Gasteiger partial charge in [-0.25, -0.2) is 9.69 Å². The average Bonchev–Trinajstić information content (AvgIpc) is 3.28. The van der Waals surface area contributed by atoms with Crippen molar-refractivity contribution in [1.82, 2.24) is 4.90 Å². The second kappa shape index (κ2) is 9.64. The number of benzene rings is 1. The zero-order valence-corrected chi connectivity index (χ0v) is 16.6. The summed E-state index contributed by atoms with van der Waals surface area (Å²) in [7, 11) is 1.40. The van der Waals surface area contributed by atoms with E-state index in [1.807, 2.05) is 30.3 Å². The topological polar surface area (TPSA) is 104 Å². The number of rotatable bonds is 9. The standard InChI is InChI=1S/C20H27NO8/c1-20(28-8-9-29-20)11-16(22)17(27-13-25-2)18(23)21-15(12-26-19(21)24)10-14-6-4-3-5-7-14/h3-7,15-17,22H,8-13H2,1-2H3/t15-,16+,17-/m0/s1. The lowest BCUT2D eigenvalue weighted by Gasteiger charge is -2.31. The summed E-state index contributed by atoms with van der Waals surface area (Å²) in [6, 6.07) is 8.99. The van der Waals surface area contributed by atoms with Crippen LogP contribution >= 0.6 is 0 Å². The van der Waals surface area contributed by atoms with E-state index in [9.17, 15) is 14.7 Å². The highest BCUT2D eigenvalue weighted by atomic mass is 16.7. The van der Waals surface area contributed by atoms with Gasteiger partial charge in [0.05, 0.1) is 25.4 Å². The van der Waals surface area contributed by atoms with E-state index in [0.29, 0.717) is 19.6 Å². The monoisotopic (exact) mass is 409 g/mol. The maximum absolute atomic E-state index is 13.2. The van der Waals surface area contributed by atoms with Crippen LogP contribution < -0.4 is 0 Å². The fourth-order valence-electron chi connectivity index (χ4n) is 3.55. The summed E-state index contributed by atoms with van der Waals surface area (Å²) < 4.78 is 26.5. The number of carbonyl (C=O) groups is 2. The van der Waals surface area contributed by atoms with Gasteiger partial charge < -0.3 is 28.8 Å². The van der Waals surface area contributed by atoms with E-state index in [-0.39, 0.29) is 19.8 Å². The lowest BCUT2D eigenvalue weighted by molar-refractivity contribution is -0.191. The van der Waals surface area contributed by atoms with Crippen LogP contribution in [0.3, 0.4) is 0 Å². The Hall–Kier alpha value is -2.04. The van der Waals surface area contributed by atoms with E-state index < -0.39 is 36.0 Å². The van der Waals surface area contributed by atoms with Crippen LogP contribution in [0.4, 0.5) is 4.79 Å². The molecule has 1 aromatic carbocycles. The molecule has 9 nitrogen and oxygen atoms in total. The molecule has 2 aliphatic rings. The molecule has 160 valence electrons. The van der Waals surface area contributed by atoms with E-state index >= 15 is 0 Å². The summed E-state index contributed by atoms with van der Waals surface area (Å²) in [4.78, 5) is 26.5. The number of imide groups is 1. The summed E-state index contributed by atoms with van der Waals surface area (Å²) in [5, 5.41) is 10.7. The Labute approximate surface area is 169 Å². The first-order valence-electron chi connectivity index (χ1n) is 9.54. The second-order valence-corrected chi connectivity index (χ2v) is 7.22. The Morgan fingerprint density at radius 1 is 1.31 bits per heavy atom. The van der Waals surface area contributed by atoms with Gasteiger partial charge in [0.1, 0.15) is 13.4 Å². The maximum atomic E-state index is 13.2. The zero-order valence-electron chi connectivity index (χ0n) is 16.6. The van der Waals surface area contributed by atoms with Crippen LogP contribution in [0, 0.1) is 0 Å². The van der Waals surface area contributed by atoms with Crippen LogP contribution in [-0.4, -0.2) is 79.8 Å². The molecule has 0 spiro atoms. The third-order valence-electron chi connectivity index (χ3n) is 4.95. The predicted molar refractivity (Wildman–Crippen MR) is 99.8 cm³/mol. The van der Waals surface area contributed by atoms with Gasteiger partial charge in [0.15, 0.2) is 11.9 Å². The molecule has 2 amide bonds. The number of aliphatic hydroxyl groups excluding tert-OH is 1. The molecule has 0 aliphatic carbocycles. The predicted octanol–water partition coefficient (Wildman–Crippen LogP) is 1.08. The van der Waals surface area contributed by atoms with Crippen molar-refractivity contribution in [1.29, 1.82) is 0 Å². The molecular weight excluding hydrogens is 382 g/mol. The largest absolute Gasteiger partial charge is 0.447 e. The first-order valence-corrected chi connectivity index (χ1v) is 9.54. The molecule has 0 unspecified atom stereocenters. The number of amides is 2. The Morgan fingerprint density at radius 2 is 2.00 bits per heavy atom. The molecule has 0 saturated carbocycles. The number of methoxy groups -OCH3 is 1. The van der Waals surface area contributed by atoms with Gasteiger partial charge in [-0.3, -0.25) is 4.79 Å². The maximum Gasteiger partial charge on any atom is 0.417 e. The van der Waals surface area contributed by atoms with E-state index in [1.165, 1.54) is 7.11 Å². The minimum absolute atomic E-state index is 0.000634. The van der Waals surface area contributed by atoms with Crippen molar-refractivity contribution in [3.8, 4) is 0 Å². The smallest absolute Gasteiger partial charge is 0.417 e. The number of hydrogen-bond donors (Lipinski definition) is 1. The fraction of sp³-hybridized carbons (Fsp3) is 0.600. The van der Waals surface area contributed by atoms with Crippen molar-refractivity contribution >= 4 is 12.0 Å². The summed E-state index contributed by atoms with van der Waals surface area (Å²) in [5.41, 5.74) is 0.962. The quantitative estimate of drug-likeness (QED) is 0.605. The van der Waals surface area contributed by atoms with Gasteiger partial charge >= 0.3 is 6.09 Å². The van der Waals surface area contributed by atoms with Crippen LogP contribution in [0.5, 0.6) is 0 Å². The van der Waals surface area contributed by atoms with Gasteiger partial charge in [0, 0.05) is 13.5 Å². The first kappa shape index (κ1) is 21.7. The third-order valence-corrected chi connectivity index (χ3v) is 4.95. The highest BCUT2D eigenvalue weighted by Crippen LogP contribution is 2.27. The molecule has 2 saturated heterocycles. The van der Waals surface area contributed by atoms with Crippen molar-refractivity contribution in [2.24, 2.45) is 0 Å². The molecule has 3 atom stereocenters. The van der Waals surface area contributed by atoms with Gasteiger partial charge in [-0.2, -0.15) is 0 Å². The van der Waals surface area contributed by atoms with Crippen molar-refractivity contribution in [3.05, 3.63) is 35.9 Å². The van der Waals surface area contributed by atoms with Crippen LogP contribution in [-0.2, 0) is 34.9 Å². The molecule has 2 heterocycles. The third kappa shape index (κ3) is 5.31. The first-order chi connectivity index (χ1) is 13.9. The highest BCUT2D eigenvalue weighted by Gasteiger charge is 2.45. The molecule has 29 heavy (non-hydrogen) atoms. The summed E-state index contributed by atoms with van der Waals surface area (Å²) in [6.07, 6.45) is -2.92. The minimum atomic E-state index is -1.33. The Balaban J connectivity index is 1.74. The lowest BCUT2D eigenvalue weighted by Crippen LogP contribution is -2.52. The minimum Gasteiger partial charge on any atom is -0.447 e. The van der Waals surface area contributed by atoms with Crippen molar-refractivity contribution in [2.75, 3.05) is 33.7 Å². The number of cyclic esters (lactones) is 1. The number of nitrogens with zero attached hydrogens (tertiary/aromatic N) is 1. The second-order valence-electron chi connectivity index (χ2n) is 7.22. The van der Waals surface area contributed by atoms with Gasteiger partial charge in [-0.1, -0.05) is 30.3 Å². The molecule has 1 N–H and O–H groups in total. The zero-order chi connectivity index (χ0) is 20.9. The van der Waals surface area contributed by atoms with E-state index in [2.05, 4.69) is 0 Å². The molecular formula is C20H27NO8. The molecule has 0 radical (unpaired) electrons. The van der Waals surface area contributed by atoms with E-state index in [0.717, 1.165) is 10.5 Å². The average molecular weight is 409 g/mol. The number of hydrogen-bond acceptors (Lipinski definition) is 8. The summed E-state index contributed by atoms with van der Waals surface area (Å²) in [5.74, 6) is -1.71. The Kier molecular flexibility index (Phi) is 7.20. The number of ether oxygens (including phenoxy) is 5. The fourth-order valence-corrected chi connectivity index (χ4v) is 3.55. The van der Waals surface area contributed by atoms with E-state index in [4.69, 9.17) is 23.7 Å². The molecule has 2 aliphatic heterocycles. The van der Waals surface area contributed by atoms with Gasteiger partial charge in [0.2, 0.25) is 0 Å². The van der Waals surface area contributed by atoms with Crippen LogP contribution in [0.2, 0.25) is 0 Å². The molecule has 0 bridgehead atoms. The van der Waals surface area contributed by atoms with Crippen LogP contribution in [0.15, 0.2) is 30.3 Å². The molecule has 2 fully saturated rings. The number of carbonyl (C=O) groups excluding carboxylic acids is 2. The highest BCUT2D eigenvalue weighted by molar-refractivity contribution is 5.96. The molecule has 1 aromatic rings. The van der Waals surface area contributed by atoms with Gasteiger partial charge in [-0.05, 0) is 18.9 Å². The SMILES string of the molecule is COCO[C@H](C(=O)N1C(=O)OC[C@@H]1Cc1ccccc1)[C@H](O)CC1(C)OCCO1. The lowest BCUT2D eigenvalue weighted by atomic mass is 10.0. The Bertz CT molecular complexity index is 691. The van der Waals surface area contributed by atoms with Crippen LogP contribution in [0.1, 0.15) is 18.9 Å². The van der Waals surface area contributed by atoms with Crippen molar-refractivity contribution < 1.29 is 38.4 Å². The normalized spacial score (nSPS) is 23.1. The van der Waals surface area contributed by atoms with Crippen molar-refractivity contribution in [2.45, 2.75) is 43.8 Å². The number of aliphatic hydroxyl groups is 1. The van der Waals surface area contributed by atoms with E-state index in [1.54, 1.807) is 6.92 Å². The Morgan fingerprint density at radius 3 is 2.66 bits per heavy atom. The molecule has 3 rings (SSSR count). The summed E-state index contributed by atoms with van der Waals surface area (Å²) >= 11 is 0. The summed E-state index contributed by atoms with van der Waals surface area (Å²) in [6.45, 7) is 2.34. The van der Waals surface area contributed by atoms with Gasteiger partial charge in [-0.15, -0.1) is 0 Å². The van der Waals surface area contributed by atoms with Gasteiger partial charge in [0.25, 0.3) is 5.91 Å². The van der Waals surface area contributed by atoms with Crippen LogP contribution in [0.25, 0.3) is 0 Å².